The molecule has 0 saturated carbocycles. The summed E-state index contributed by atoms with van der Waals surface area (Å²) in [5.41, 5.74) is 0. The standard InChI is InChI=1S/C11H19ClN2S/c1-3-7-14(8-6-13-2)9-10-4-5-11(12)15-10/h4-5,13H,3,6-9H2,1-2H3. The summed E-state index contributed by atoms with van der Waals surface area (Å²) in [4.78, 5) is 3.81. The molecule has 0 fully saturated rings. The highest BCUT2D eigenvalue weighted by Gasteiger charge is 2.06. The summed E-state index contributed by atoms with van der Waals surface area (Å²) < 4.78 is 0.884. The van der Waals surface area contributed by atoms with Crippen LogP contribution < -0.4 is 5.32 Å². The van der Waals surface area contributed by atoms with Crippen LogP contribution in [0.15, 0.2) is 12.1 Å². The van der Waals surface area contributed by atoms with Crippen molar-refractivity contribution in [1.29, 1.82) is 0 Å². The summed E-state index contributed by atoms with van der Waals surface area (Å²) >= 11 is 7.59. The minimum Gasteiger partial charge on any atom is -0.318 e. The topological polar surface area (TPSA) is 15.3 Å². The lowest BCUT2D eigenvalue weighted by molar-refractivity contribution is 0.270. The predicted molar refractivity (Wildman–Crippen MR) is 68.8 cm³/mol. The van der Waals surface area contributed by atoms with Crippen molar-refractivity contribution in [1.82, 2.24) is 10.2 Å². The van der Waals surface area contributed by atoms with Gasteiger partial charge in [0.15, 0.2) is 0 Å². The van der Waals surface area contributed by atoms with Crippen LogP contribution in [0, 0.1) is 0 Å². The van der Waals surface area contributed by atoms with E-state index in [1.165, 1.54) is 11.3 Å². The fourth-order valence-corrected chi connectivity index (χ4v) is 2.64. The molecule has 0 atom stereocenters. The first kappa shape index (κ1) is 13.0. The van der Waals surface area contributed by atoms with E-state index in [0.29, 0.717) is 0 Å². The number of nitrogens with zero attached hydrogens (tertiary/aromatic N) is 1. The molecule has 1 heterocycles. The number of likely N-dealkylation sites (N-methyl/N-ethyl adjacent to an activating group) is 1. The molecule has 1 rings (SSSR count). The molecule has 0 aliphatic heterocycles. The third-order valence-corrected chi connectivity index (χ3v) is 3.44. The van der Waals surface area contributed by atoms with Gasteiger partial charge in [0.1, 0.15) is 0 Å². The third-order valence-electron chi connectivity index (χ3n) is 2.23. The maximum Gasteiger partial charge on any atom is 0.0931 e. The SMILES string of the molecule is CCCN(CCNC)Cc1ccc(Cl)s1. The number of hydrogen-bond donors (Lipinski definition) is 1. The smallest absolute Gasteiger partial charge is 0.0931 e. The van der Waals surface area contributed by atoms with E-state index in [2.05, 4.69) is 23.2 Å². The van der Waals surface area contributed by atoms with Crippen LogP contribution >= 0.6 is 22.9 Å². The average molecular weight is 247 g/mol. The van der Waals surface area contributed by atoms with Crippen LogP contribution in [0.25, 0.3) is 0 Å². The highest BCUT2D eigenvalue weighted by molar-refractivity contribution is 7.16. The van der Waals surface area contributed by atoms with Gasteiger partial charge in [0, 0.05) is 24.5 Å². The summed E-state index contributed by atoms with van der Waals surface area (Å²) in [6.07, 6.45) is 1.20. The highest BCUT2D eigenvalue weighted by atomic mass is 35.5. The van der Waals surface area contributed by atoms with Crippen LogP contribution in [0.2, 0.25) is 4.34 Å². The van der Waals surface area contributed by atoms with E-state index >= 15 is 0 Å². The van der Waals surface area contributed by atoms with E-state index < -0.39 is 0 Å². The third kappa shape index (κ3) is 4.98. The minimum atomic E-state index is 0.884. The number of nitrogens with one attached hydrogen (secondary N) is 1. The second-order valence-corrected chi connectivity index (χ2v) is 5.39. The summed E-state index contributed by atoms with van der Waals surface area (Å²) in [6, 6.07) is 4.10. The average Bonchev–Trinajstić information content (AvgIpc) is 2.61. The van der Waals surface area contributed by atoms with Crippen molar-refractivity contribution in [2.45, 2.75) is 19.9 Å². The van der Waals surface area contributed by atoms with E-state index in [-0.39, 0.29) is 0 Å². The first-order chi connectivity index (χ1) is 7.26. The van der Waals surface area contributed by atoms with Crippen molar-refractivity contribution < 1.29 is 0 Å². The van der Waals surface area contributed by atoms with Crippen molar-refractivity contribution in [2.24, 2.45) is 0 Å². The van der Waals surface area contributed by atoms with Gasteiger partial charge in [-0.1, -0.05) is 18.5 Å². The molecule has 2 nitrogen and oxygen atoms in total. The van der Waals surface area contributed by atoms with Crippen LogP contribution in [0.1, 0.15) is 18.2 Å². The number of rotatable bonds is 7. The Labute approximate surface area is 101 Å². The second kappa shape index (κ2) is 7.23. The molecule has 0 aliphatic carbocycles. The molecule has 0 unspecified atom stereocenters. The maximum absolute atomic E-state index is 5.91. The Morgan fingerprint density at radius 1 is 1.40 bits per heavy atom. The van der Waals surface area contributed by atoms with Gasteiger partial charge in [-0.15, -0.1) is 11.3 Å². The first-order valence-corrected chi connectivity index (χ1v) is 6.57. The Kier molecular flexibility index (Phi) is 6.25. The predicted octanol–water partition coefficient (Wildman–Crippen LogP) is 2.83. The fraction of sp³-hybridized carbons (Fsp3) is 0.636. The molecule has 1 aromatic heterocycles. The molecule has 0 radical (unpaired) electrons. The summed E-state index contributed by atoms with van der Waals surface area (Å²) in [5, 5.41) is 3.18. The zero-order chi connectivity index (χ0) is 11.1. The Hall–Kier alpha value is -0.0900. The van der Waals surface area contributed by atoms with Crippen molar-refractivity contribution in [3.05, 3.63) is 21.3 Å². The van der Waals surface area contributed by atoms with Crippen molar-refractivity contribution in [3.63, 3.8) is 0 Å². The van der Waals surface area contributed by atoms with Crippen LogP contribution in [0.4, 0.5) is 0 Å². The first-order valence-electron chi connectivity index (χ1n) is 5.37. The minimum absolute atomic E-state index is 0.884. The van der Waals surface area contributed by atoms with Gasteiger partial charge in [-0.05, 0) is 32.1 Å². The van der Waals surface area contributed by atoms with Crippen LogP contribution in [-0.4, -0.2) is 31.6 Å². The van der Waals surface area contributed by atoms with E-state index in [1.54, 1.807) is 11.3 Å². The molecule has 1 aromatic rings. The van der Waals surface area contributed by atoms with E-state index in [0.717, 1.165) is 30.5 Å². The van der Waals surface area contributed by atoms with E-state index in [4.69, 9.17) is 11.6 Å². The number of thiophene rings is 1. The molecule has 1 N–H and O–H groups in total. The van der Waals surface area contributed by atoms with Gasteiger partial charge in [0.2, 0.25) is 0 Å². The summed E-state index contributed by atoms with van der Waals surface area (Å²) in [5.74, 6) is 0. The van der Waals surface area contributed by atoms with Gasteiger partial charge < -0.3 is 5.32 Å². The van der Waals surface area contributed by atoms with Gasteiger partial charge in [0.25, 0.3) is 0 Å². The molecule has 0 saturated heterocycles. The molecule has 0 bridgehead atoms. The summed E-state index contributed by atoms with van der Waals surface area (Å²) in [7, 11) is 1.99. The molecule has 15 heavy (non-hydrogen) atoms. The van der Waals surface area contributed by atoms with Crippen molar-refractivity contribution in [3.8, 4) is 0 Å². The molecule has 4 heteroatoms. The van der Waals surface area contributed by atoms with Gasteiger partial charge in [-0.3, -0.25) is 4.90 Å². The van der Waals surface area contributed by atoms with Gasteiger partial charge in [0.05, 0.1) is 4.34 Å². The van der Waals surface area contributed by atoms with E-state index in [9.17, 15) is 0 Å². The van der Waals surface area contributed by atoms with Gasteiger partial charge in [-0.25, -0.2) is 0 Å². The lowest BCUT2D eigenvalue weighted by Gasteiger charge is -2.20. The highest BCUT2D eigenvalue weighted by Crippen LogP contribution is 2.22. The molecular formula is C11H19ClN2S. The molecule has 0 aliphatic rings. The van der Waals surface area contributed by atoms with Crippen LogP contribution in [0.5, 0.6) is 0 Å². The second-order valence-electron chi connectivity index (χ2n) is 3.59. The lowest BCUT2D eigenvalue weighted by atomic mass is 10.3. The quantitative estimate of drug-likeness (QED) is 0.796. The molecule has 0 amide bonds. The van der Waals surface area contributed by atoms with Crippen molar-refractivity contribution >= 4 is 22.9 Å². The molecule has 0 spiro atoms. The monoisotopic (exact) mass is 246 g/mol. The molecule has 0 aromatic carbocycles. The Bertz CT molecular complexity index is 275. The Morgan fingerprint density at radius 3 is 2.73 bits per heavy atom. The van der Waals surface area contributed by atoms with Gasteiger partial charge in [-0.2, -0.15) is 0 Å². The van der Waals surface area contributed by atoms with Crippen molar-refractivity contribution in [2.75, 3.05) is 26.7 Å². The maximum atomic E-state index is 5.91. The zero-order valence-electron chi connectivity index (χ0n) is 9.42. The summed E-state index contributed by atoms with van der Waals surface area (Å²) in [6.45, 7) is 6.52. The largest absolute Gasteiger partial charge is 0.318 e. The Balaban J connectivity index is 2.42. The van der Waals surface area contributed by atoms with Crippen LogP contribution in [0.3, 0.4) is 0 Å². The van der Waals surface area contributed by atoms with Gasteiger partial charge >= 0.3 is 0 Å². The lowest BCUT2D eigenvalue weighted by Crippen LogP contribution is -2.30. The Morgan fingerprint density at radius 2 is 2.20 bits per heavy atom. The molecular weight excluding hydrogens is 228 g/mol. The van der Waals surface area contributed by atoms with Crippen LogP contribution in [-0.2, 0) is 6.54 Å². The zero-order valence-corrected chi connectivity index (χ0v) is 11.0. The van der Waals surface area contributed by atoms with E-state index in [1.807, 2.05) is 13.1 Å². The normalized spacial score (nSPS) is 11.2. The molecule has 86 valence electrons. The fourth-order valence-electron chi connectivity index (χ4n) is 1.51. The number of halogens is 1. The number of hydrogen-bond acceptors (Lipinski definition) is 3.